The molecule has 0 amide bonds. The van der Waals surface area contributed by atoms with E-state index in [4.69, 9.17) is 15.0 Å². The van der Waals surface area contributed by atoms with E-state index in [1.54, 1.807) is 0 Å². The first-order chi connectivity index (χ1) is 28.2. The van der Waals surface area contributed by atoms with E-state index in [-0.39, 0.29) is 0 Å². The van der Waals surface area contributed by atoms with Crippen molar-refractivity contribution in [2.24, 2.45) is 0 Å². The number of hydrogen-bond acceptors (Lipinski definition) is 4. The Labute approximate surface area is 331 Å². The highest BCUT2D eigenvalue weighted by Crippen LogP contribution is 2.63. The molecule has 1 aromatic heterocycles. The molecule has 0 unspecified atom stereocenters. The van der Waals surface area contributed by atoms with E-state index in [0.29, 0.717) is 23.0 Å². The van der Waals surface area contributed by atoms with Gasteiger partial charge in [-0.05, 0) is 85.0 Å². The van der Waals surface area contributed by atoms with Crippen LogP contribution in [0.4, 0.5) is 0 Å². The molecule has 4 nitrogen and oxygen atoms in total. The maximum absolute atomic E-state index is 10.0. The fourth-order valence-corrected chi connectivity index (χ4v) is 8.99. The first kappa shape index (κ1) is 32.7. The van der Waals surface area contributed by atoms with Crippen LogP contribution in [0.3, 0.4) is 0 Å². The zero-order valence-corrected chi connectivity index (χ0v) is 30.8. The second kappa shape index (κ2) is 12.9. The summed E-state index contributed by atoms with van der Waals surface area (Å²) in [5.74, 6) is 1.88. The highest BCUT2D eigenvalue weighted by atomic mass is 15.0. The van der Waals surface area contributed by atoms with Gasteiger partial charge in [0.05, 0.1) is 17.0 Å². The third-order valence-electron chi connectivity index (χ3n) is 11.6. The smallest absolute Gasteiger partial charge is 0.164 e. The number of rotatable bonds is 5. The Morgan fingerprint density at radius 3 is 1.23 bits per heavy atom. The Morgan fingerprint density at radius 1 is 0.316 bits per heavy atom. The summed E-state index contributed by atoms with van der Waals surface area (Å²) >= 11 is 0. The molecule has 2 aliphatic carbocycles. The van der Waals surface area contributed by atoms with Crippen LogP contribution in [0, 0.1) is 11.3 Å². The molecule has 8 aromatic carbocycles. The van der Waals surface area contributed by atoms with E-state index >= 15 is 0 Å². The molecule has 264 valence electrons. The number of fused-ring (bicyclic) bond motifs is 10. The molecule has 0 saturated carbocycles. The topological polar surface area (TPSA) is 62.5 Å². The van der Waals surface area contributed by atoms with Crippen LogP contribution in [0.2, 0.25) is 0 Å². The Hall–Kier alpha value is -7.74. The molecule has 0 N–H and O–H groups in total. The van der Waals surface area contributed by atoms with Gasteiger partial charge in [0.15, 0.2) is 17.5 Å². The van der Waals surface area contributed by atoms with Gasteiger partial charge >= 0.3 is 0 Å². The lowest BCUT2D eigenvalue weighted by atomic mass is 9.70. The van der Waals surface area contributed by atoms with Crippen LogP contribution in [-0.2, 0) is 5.41 Å². The van der Waals surface area contributed by atoms with E-state index in [1.165, 1.54) is 44.5 Å². The van der Waals surface area contributed by atoms with Crippen LogP contribution in [0.5, 0.6) is 0 Å². The molecule has 0 atom stereocenters. The van der Waals surface area contributed by atoms with Gasteiger partial charge in [-0.15, -0.1) is 0 Å². The van der Waals surface area contributed by atoms with Gasteiger partial charge in [0, 0.05) is 16.7 Å². The van der Waals surface area contributed by atoms with Crippen molar-refractivity contribution in [3.8, 4) is 84.7 Å². The van der Waals surface area contributed by atoms with Crippen LogP contribution in [0.1, 0.15) is 27.8 Å². The minimum atomic E-state index is -0.533. The van der Waals surface area contributed by atoms with Gasteiger partial charge in [-0.3, -0.25) is 0 Å². The molecule has 0 saturated heterocycles. The number of nitrogens with zero attached hydrogens (tertiary/aromatic N) is 4. The SMILES string of the molecule is N#Cc1ccc2c(c1)C1(c3ccccc3-c3ccccc31)c1cc(-c3ccc(-c4nc(-c5ccccc5)nc(-c5ccc(-c6ccccc6)cc5)n4)cc3)ccc1-2. The Kier molecular flexibility index (Phi) is 7.42. The minimum absolute atomic E-state index is 0.533. The second-order valence-electron chi connectivity index (χ2n) is 14.7. The van der Waals surface area contributed by atoms with Crippen molar-refractivity contribution in [1.82, 2.24) is 15.0 Å². The summed E-state index contributed by atoms with van der Waals surface area (Å²) < 4.78 is 0. The lowest BCUT2D eigenvalue weighted by molar-refractivity contribution is 0.793. The van der Waals surface area contributed by atoms with Crippen LogP contribution >= 0.6 is 0 Å². The fourth-order valence-electron chi connectivity index (χ4n) is 8.99. The Balaban J connectivity index is 1.01. The molecule has 1 heterocycles. The molecular formula is C53H32N4. The van der Waals surface area contributed by atoms with Gasteiger partial charge in [-0.2, -0.15) is 5.26 Å². The summed E-state index contributed by atoms with van der Waals surface area (Å²) in [5, 5.41) is 10.0. The predicted molar refractivity (Wildman–Crippen MR) is 228 cm³/mol. The molecule has 0 aliphatic heterocycles. The summed E-state index contributed by atoms with van der Waals surface area (Å²) in [6, 6.07) is 70.3. The maximum Gasteiger partial charge on any atom is 0.164 e. The van der Waals surface area contributed by atoms with Gasteiger partial charge < -0.3 is 0 Å². The van der Waals surface area contributed by atoms with Crippen molar-refractivity contribution in [1.29, 1.82) is 5.26 Å². The molecule has 9 aromatic rings. The standard InChI is InChI=1S/C53H32N4/c54-33-34-19-29-44-45-30-28-41(32-49(45)53(48(44)31-34)46-17-9-7-15-42(46)43-16-8-10-18-47(43)53)37-22-26-40(27-23-37)52-56-50(38-13-5-2-6-14-38)55-51(57-52)39-24-20-36(21-25-39)35-11-3-1-4-12-35/h1-32H. The molecular weight excluding hydrogens is 693 g/mol. The molecule has 11 rings (SSSR count). The summed E-state index contributed by atoms with van der Waals surface area (Å²) in [7, 11) is 0. The van der Waals surface area contributed by atoms with E-state index < -0.39 is 5.41 Å². The average Bonchev–Trinajstić information content (AvgIpc) is 3.76. The summed E-state index contributed by atoms with van der Waals surface area (Å²) in [5.41, 5.74) is 17.2. The van der Waals surface area contributed by atoms with Gasteiger partial charge in [-0.1, -0.05) is 176 Å². The van der Waals surface area contributed by atoms with Crippen molar-refractivity contribution < 1.29 is 0 Å². The van der Waals surface area contributed by atoms with Crippen LogP contribution in [-0.4, -0.2) is 15.0 Å². The zero-order valence-electron chi connectivity index (χ0n) is 30.8. The second-order valence-corrected chi connectivity index (χ2v) is 14.7. The first-order valence-electron chi connectivity index (χ1n) is 19.2. The highest BCUT2D eigenvalue weighted by molar-refractivity contribution is 5.96. The van der Waals surface area contributed by atoms with Crippen LogP contribution in [0.15, 0.2) is 194 Å². The molecule has 1 spiro atoms. The van der Waals surface area contributed by atoms with Crippen LogP contribution < -0.4 is 0 Å². The number of hydrogen-bond donors (Lipinski definition) is 0. The summed E-state index contributed by atoms with van der Waals surface area (Å²) in [6.45, 7) is 0. The van der Waals surface area contributed by atoms with Crippen molar-refractivity contribution in [2.75, 3.05) is 0 Å². The van der Waals surface area contributed by atoms with E-state index in [0.717, 1.165) is 38.9 Å². The largest absolute Gasteiger partial charge is 0.208 e. The van der Waals surface area contributed by atoms with Crippen LogP contribution in [0.25, 0.3) is 78.7 Å². The third-order valence-corrected chi connectivity index (χ3v) is 11.6. The third kappa shape index (κ3) is 5.10. The van der Waals surface area contributed by atoms with Crippen molar-refractivity contribution in [3.05, 3.63) is 222 Å². The van der Waals surface area contributed by atoms with E-state index in [9.17, 15) is 5.26 Å². The highest BCUT2D eigenvalue weighted by Gasteiger charge is 2.51. The van der Waals surface area contributed by atoms with Crippen molar-refractivity contribution in [3.63, 3.8) is 0 Å². The van der Waals surface area contributed by atoms with Crippen molar-refractivity contribution >= 4 is 0 Å². The van der Waals surface area contributed by atoms with Gasteiger partial charge in [0.2, 0.25) is 0 Å². The molecule has 57 heavy (non-hydrogen) atoms. The van der Waals surface area contributed by atoms with Crippen molar-refractivity contribution in [2.45, 2.75) is 5.41 Å². The quantitative estimate of drug-likeness (QED) is 0.177. The number of aromatic nitrogens is 3. The monoisotopic (exact) mass is 724 g/mol. The molecule has 0 bridgehead atoms. The van der Waals surface area contributed by atoms with Gasteiger partial charge in [-0.25, -0.2) is 15.0 Å². The van der Waals surface area contributed by atoms with Gasteiger partial charge in [0.25, 0.3) is 0 Å². The van der Waals surface area contributed by atoms with E-state index in [2.05, 4.69) is 158 Å². The predicted octanol–water partition coefficient (Wildman–Crippen LogP) is 12.4. The lowest BCUT2D eigenvalue weighted by Crippen LogP contribution is -2.26. The normalized spacial score (nSPS) is 12.7. The average molecular weight is 725 g/mol. The van der Waals surface area contributed by atoms with E-state index in [1.807, 2.05) is 42.5 Å². The fraction of sp³-hybridized carbons (Fsp3) is 0.0189. The summed E-state index contributed by atoms with van der Waals surface area (Å²) in [4.78, 5) is 15.0. The lowest BCUT2D eigenvalue weighted by Gasteiger charge is -2.30. The zero-order chi connectivity index (χ0) is 37.9. The number of nitriles is 1. The molecule has 0 radical (unpaired) electrons. The molecule has 4 heteroatoms. The maximum atomic E-state index is 10.0. The number of benzene rings is 8. The summed E-state index contributed by atoms with van der Waals surface area (Å²) in [6.07, 6.45) is 0. The molecule has 0 fully saturated rings. The molecule has 2 aliphatic rings. The Bertz CT molecular complexity index is 3010. The Morgan fingerprint density at radius 2 is 0.684 bits per heavy atom. The first-order valence-corrected chi connectivity index (χ1v) is 19.2. The van der Waals surface area contributed by atoms with Gasteiger partial charge in [0.1, 0.15) is 0 Å². The minimum Gasteiger partial charge on any atom is -0.208 e.